The number of rotatable bonds is 6. The van der Waals surface area contributed by atoms with Gasteiger partial charge < -0.3 is 24.6 Å². The first kappa shape index (κ1) is 24.2. The predicted octanol–water partition coefficient (Wildman–Crippen LogP) is 2.98. The van der Waals surface area contributed by atoms with Gasteiger partial charge in [0.25, 0.3) is 0 Å². The average Bonchev–Trinajstić information content (AvgIpc) is 3.26. The molecule has 2 fully saturated rings. The highest BCUT2D eigenvalue weighted by atomic mass is 32.1. The number of hydrogen-bond donors (Lipinski definition) is 1. The number of anilines is 2. The van der Waals surface area contributed by atoms with E-state index in [2.05, 4.69) is 45.9 Å². The normalized spacial score (nSPS) is 21.2. The number of likely N-dealkylation sites (N-methyl/N-ethyl adjacent to an activating group) is 1. The summed E-state index contributed by atoms with van der Waals surface area (Å²) in [6.07, 6.45) is 3.63. The van der Waals surface area contributed by atoms with Crippen molar-refractivity contribution in [1.29, 1.82) is 0 Å². The van der Waals surface area contributed by atoms with Crippen molar-refractivity contribution in [3.63, 3.8) is 0 Å². The number of aromatic nitrogens is 3. The molecule has 1 N–H and O–H groups in total. The lowest BCUT2D eigenvalue weighted by Gasteiger charge is -2.38. The van der Waals surface area contributed by atoms with Crippen LogP contribution in [0.1, 0.15) is 31.4 Å². The number of hydrogen-bond acceptors (Lipinski definition) is 10. The highest BCUT2D eigenvalue weighted by molar-refractivity contribution is 7.26. The molecule has 194 valence electrons. The number of morpholine rings is 1. The zero-order valence-corrected chi connectivity index (χ0v) is 22.5. The van der Waals surface area contributed by atoms with Crippen LogP contribution in [-0.4, -0.2) is 103 Å². The lowest BCUT2D eigenvalue weighted by Crippen LogP contribution is -2.45. The number of piperazine rings is 1. The van der Waals surface area contributed by atoms with Crippen LogP contribution in [0, 0.1) is 0 Å². The van der Waals surface area contributed by atoms with E-state index >= 15 is 0 Å². The third-order valence-electron chi connectivity index (χ3n) is 7.66. The number of pyridine rings is 1. The molecule has 6 rings (SSSR count). The van der Waals surface area contributed by atoms with E-state index in [0.717, 1.165) is 105 Å². The van der Waals surface area contributed by atoms with Gasteiger partial charge in [-0.3, -0.25) is 4.90 Å². The molecular formula is C26H37N7O2S. The van der Waals surface area contributed by atoms with Gasteiger partial charge in [0.2, 0.25) is 0 Å². The predicted molar refractivity (Wildman–Crippen MR) is 145 cm³/mol. The van der Waals surface area contributed by atoms with Gasteiger partial charge in [0.1, 0.15) is 22.8 Å². The van der Waals surface area contributed by atoms with E-state index in [4.69, 9.17) is 19.4 Å². The molecule has 3 aliphatic heterocycles. The van der Waals surface area contributed by atoms with E-state index in [1.807, 2.05) is 0 Å². The minimum Gasteiger partial charge on any atom is -0.379 e. The highest BCUT2D eigenvalue weighted by Gasteiger charge is 2.33. The van der Waals surface area contributed by atoms with Crippen LogP contribution in [0.15, 0.2) is 6.33 Å². The van der Waals surface area contributed by atoms with Crippen molar-refractivity contribution < 1.29 is 9.47 Å². The molecule has 9 nitrogen and oxygen atoms in total. The molecule has 3 aromatic heterocycles. The number of thiophene rings is 1. The van der Waals surface area contributed by atoms with Crippen molar-refractivity contribution in [2.75, 3.05) is 82.8 Å². The summed E-state index contributed by atoms with van der Waals surface area (Å²) >= 11 is 1.72. The Morgan fingerprint density at radius 3 is 2.67 bits per heavy atom. The minimum atomic E-state index is -0.206. The molecule has 0 saturated carbocycles. The molecule has 3 aromatic rings. The maximum atomic E-state index is 6.29. The van der Waals surface area contributed by atoms with Crippen molar-refractivity contribution in [3.8, 4) is 0 Å². The van der Waals surface area contributed by atoms with Crippen LogP contribution in [0.3, 0.4) is 0 Å². The Morgan fingerprint density at radius 2 is 1.86 bits per heavy atom. The van der Waals surface area contributed by atoms with Gasteiger partial charge >= 0.3 is 0 Å². The number of nitrogens with one attached hydrogen (secondary N) is 1. The van der Waals surface area contributed by atoms with Crippen molar-refractivity contribution in [2.45, 2.75) is 38.9 Å². The van der Waals surface area contributed by atoms with E-state index in [1.54, 1.807) is 17.7 Å². The second-order valence-corrected chi connectivity index (χ2v) is 11.8. The Labute approximate surface area is 216 Å². The molecular weight excluding hydrogens is 474 g/mol. The van der Waals surface area contributed by atoms with Gasteiger partial charge in [-0.1, -0.05) is 0 Å². The van der Waals surface area contributed by atoms with Crippen molar-refractivity contribution in [2.24, 2.45) is 0 Å². The Kier molecular flexibility index (Phi) is 6.72. The zero-order chi connectivity index (χ0) is 24.7. The maximum Gasteiger partial charge on any atom is 0.147 e. The largest absolute Gasteiger partial charge is 0.379 e. The van der Waals surface area contributed by atoms with Crippen LogP contribution in [0.5, 0.6) is 0 Å². The van der Waals surface area contributed by atoms with E-state index in [-0.39, 0.29) is 5.60 Å². The third kappa shape index (κ3) is 4.77. The van der Waals surface area contributed by atoms with Gasteiger partial charge in [0, 0.05) is 63.2 Å². The Balaban J connectivity index is 1.33. The van der Waals surface area contributed by atoms with Gasteiger partial charge in [-0.25, -0.2) is 15.0 Å². The molecule has 36 heavy (non-hydrogen) atoms. The van der Waals surface area contributed by atoms with Gasteiger partial charge in [0.15, 0.2) is 0 Å². The maximum absolute atomic E-state index is 6.29. The summed E-state index contributed by atoms with van der Waals surface area (Å²) < 4.78 is 12.9. The summed E-state index contributed by atoms with van der Waals surface area (Å²) in [6, 6.07) is 0. The molecule has 0 aromatic carbocycles. The van der Waals surface area contributed by atoms with Crippen molar-refractivity contribution in [1.82, 2.24) is 24.8 Å². The molecule has 0 radical (unpaired) electrons. The molecule has 0 amide bonds. The lowest BCUT2D eigenvalue weighted by atomic mass is 9.90. The van der Waals surface area contributed by atoms with Gasteiger partial charge in [-0.15, -0.1) is 11.3 Å². The molecule has 10 heteroatoms. The SMILES string of the molecule is CN1CCN(c2nc3sc4c(NCCCN5CCOCC5)ncnc4c3c3c2COC(C)(C)C3)CC1. The fraction of sp³-hybridized carbons (Fsp3) is 0.654. The second kappa shape index (κ2) is 9.98. The molecule has 0 unspecified atom stereocenters. The smallest absolute Gasteiger partial charge is 0.147 e. The molecule has 0 aliphatic carbocycles. The quantitative estimate of drug-likeness (QED) is 0.503. The lowest BCUT2D eigenvalue weighted by molar-refractivity contribution is -0.0395. The monoisotopic (exact) mass is 511 g/mol. The van der Waals surface area contributed by atoms with E-state index < -0.39 is 0 Å². The Hall–Kier alpha value is -2.11. The summed E-state index contributed by atoms with van der Waals surface area (Å²) in [4.78, 5) is 23.0. The van der Waals surface area contributed by atoms with E-state index in [1.165, 1.54) is 16.5 Å². The molecule has 6 heterocycles. The molecule has 0 bridgehead atoms. The Morgan fingerprint density at radius 1 is 1.06 bits per heavy atom. The molecule has 0 spiro atoms. The van der Waals surface area contributed by atoms with Gasteiger partial charge in [-0.05, 0) is 39.4 Å². The van der Waals surface area contributed by atoms with E-state index in [9.17, 15) is 0 Å². The molecule has 3 aliphatic rings. The molecule has 2 saturated heterocycles. The number of nitrogens with zero attached hydrogens (tertiary/aromatic N) is 6. The fourth-order valence-corrected chi connectivity index (χ4v) is 6.65. The first-order valence-electron chi connectivity index (χ1n) is 13.2. The van der Waals surface area contributed by atoms with Gasteiger partial charge in [0.05, 0.1) is 35.6 Å². The van der Waals surface area contributed by atoms with Crippen molar-refractivity contribution >= 4 is 43.4 Å². The Bertz CT molecular complexity index is 1230. The van der Waals surface area contributed by atoms with Crippen LogP contribution >= 0.6 is 11.3 Å². The average molecular weight is 512 g/mol. The van der Waals surface area contributed by atoms with Crippen molar-refractivity contribution in [3.05, 3.63) is 17.5 Å². The zero-order valence-electron chi connectivity index (χ0n) is 21.7. The standard InChI is InChI=1S/C26H37N7O2S/c1-26(2)15-18-19(16-35-26)24(33-9-7-31(3)8-10-33)30-25-20(18)21-22(36-25)23(29-17-28-21)27-5-4-6-32-11-13-34-14-12-32/h17H,4-16H2,1-3H3,(H,27,28,29). The first-order chi connectivity index (χ1) is 17.5. The van der Waals surface area contributed by atoms with Crippen LogP contribution in [0.25, 0.3) is 20.4 Å². The summed E-state index contributed by atoms with van der Waals surface area (Å²) in [5.74, 6) is 2.02. The number of fused-ring (bicyclic) bond motifs is 5. The van der Waals surface area contributed by atoms with Gasteiger partial charge in [-0.2, -0.15) is 0 Å². The summed E-state index contributed by atoms with van der Waals surface area (Å²) in [6.45, 7) is 14.8. The van der Waals surface area contributed by atoms with E-state index in [0.29, 0.717) is 6.61 Å². The molecule has 0 atom stereocenters. The summed E-state index contributed by atoms with van der Waals surface area (Å²) in [7, 11) is 2.19. The summed E-state index contributed by atoms with van der Waals surface area (Å²) in [5, 5.41) is 4.79. The van der Waals surface area contributed by atoms with Crippen LogP contribution in [-0.2, 0) is 22.5 Å². The number of ether oxygens (including phenoxy) is 2. The van der Waals surface area contributed by atoms with Crippen LogP contribution in [0.2, 0.25) is 0 Å². The highest BCUT2D eigenvalue weighted by Crippen LogP contribution is 2.44. The fourth-order valence-electron chi connectivity index (χ4n) is 5.53. The topological polar surface area (TPSA) is 78.9 Å². The third-order valence-corrected chi connectivity index (χ3v) is 8.74. The van der Waals surface area contributed by atoms with Crippen LogP contribution in [0.4, 0.5) is 11.6 Å². The second-order valence-electron chi connectivity index (χ2n) is 10.8. The first-order valence-corrected chi connectivity index (χ1v) is 14.0. The summed E-state index contributed by atoms with van der Waals surface area (Å²) in [5.41, 5.74) is 3.41. The minimum absolute atomic E-state index is 0.206. The van der Waals surface area contributed by atoms with Crippen LogP contribution < -0.4 is 10.2 Å².